The largest absolute Gasteiger partial charge is 0.357 e. The first-order valence-electron chi connectivity index (χ1n) is 9.08. The lowest BCUT2D eigenvalue weighted by molar-refractivity contribution is 0.664. The molecule has 0 fully saturated rings. The second-order valence-corrected chi connectivity index (χ2v) is 6.70. The number of nitrogens with zero attached hydrogens (tertiary/aromatic N) is 5. The van der Waals surface area contributed by atoms with Crippen LogP contribution in [-0.2, 0) is 27.2 Å². The quantitative estimate of drug-likeness (QED) is 0.520. The Balaban J connectivity index is 1.72. The van der Waals surface area contributed by atoms with E-state index in [2.05, 4.69) is 52.2 Å². The fourth-order valence-corrected chi connectivity index (χ4v) is 2.78. The molecule has 0 radical (unpaired) electrons. The van der Waals surface area contributed by atoms with Crippen molar-refractivity contribution in [1.29, 1.82) is 0 Å². The van der Waals surface area contributed by atoms with Gasteiger partial charge in [0.25, 0.3) is 0 Å². The van der Waals surface area contributed by atoms with Crippen molar-refractivity contribution in [3.05, 3.63) is 71.6 Å². The molecule has 2 aromatic heterocycles. The highest BCUT2D eigenvalue weighted by atomic mass is 15.3. The van der Waals surface area contributed by atoms with E-state index >= 15 is 0 Å². The maximum Gasteiger partial charge on any atom is 0.192 e. The van der Waals surface area contributed by atoms with Crippen LogP contribution >= 0.6 is 0 Å². The lowest BCUT2D eigenvalue weighted by Crippen LogP contribution is -2.39. The van der Waals surface area contributed by atoms with Gasteiger partial charge in [-0.2, -0.15) is 0 Å². The molecule has 142 valence electrons. The smallest absolute Gasteiger partial charge is 0.192 e. The van der Waals surface area contributed by atoms with Crippen molar-refractivity contribution in [1.82, 2.24) is 30.0 Å². The molecule has 0 spiro atoms. The Kier molecular flexibility index (Phi) is 5.90. The Labute approximate surface area is 160 Å². The van der Waals surface area contributed by atoms with Gasteiger partial charge >= 0.3 is 0 Å². The Morgan fingerprint density at radius 1 is 1.15 bits per heavy atom. The Bertz CT molecular complexity index is 892. The van der Waals surface area contributed by atoms with Crippen LogP contribution in [-0.4, -0.2) is 25.3 Å². The first-order chi connectivity index (χ1) is 13.0. The van der Waals surface area contributed by atoms with Crippen LogP contribution in [0.3, 0.4) is 0 Å². The van der Waals surface area contributed by atoms with Crippen LogP contribution in [0.5, 0.6) is 0 Å². The summed E-state index contributed by atoms with van der Waals surface area (Å²) in [7, 11) is 3.98. The van der Waals surface area contributed by atoms with Gasteiger partial charge in [-0.1, -0.05) is 30.3 Å². The summed E-state index contributed by atoms with van der Waals surface area (Å²) in [6, 6.07) is 12.5. The zero-order valence-corrected chi connectivity index (χ0v) is 16.3. The van der Waals surface area contributed by atoms with Crippen LogP contribution in [0.15, 0.2) is 53.8 Å². The van der Waals surface area contributed by atoms with Crippen molar-refractivity contribution in [2.75, 3.05) is 0 Å². The summed E-state index contributed by atoms with van der Waals surface area (Å²) in [6.45, 7) is 5.23. The van der Waals surface area contributed by atoms with E-state index in [0.29, 0.717) is 13.1 Å². The first kappa shape index (κ1) is 18.7. The Morgan fingerprint density at radius 2 is 1.93 bits per heavy atom. The molecule has 7 heteroatoms. The van der Waals surface area contributed by atoms with Crippen molar-refractivity contribution >= 4 is 5.96 Å². The molecule has 1 atom stereocenters. The van der Waals surface area contributed by atoms with Gasteiger partial charge in [-0.05, 0) is 31.0 Å². The molecule has 7 nitrogen and oxygen atoms in total. The van der Waals surface area contributed by atoms with E-state index in [4.69, 9.17) is 4.99 Å². The number of benzene rings is 1. The zero-order valence-electron chi connectivity index (χ0n) is 16.3. The summed E-state index contributed by atoms with van der Waals surface area (Å²) in [5.74, 6) is 2.50. The molecule has 1 aromatic carbocycles. The molecule has 0 bridgehead atoms. The maximum absolute atomic E-state index is 4.75. The molecule has 27 heavy (non-hydrogen) atoms. The molecule has 0 amide bonds. The highest BCUT2D eigenvalue weighted by Gasteiger charge is 2.10. The van der Waals surface area contributed by atoms with Crippen LogP contribution in [0.4, 0.5) is 0 Å². The number of nitrogens with one attached hydrogen (secondary N) is 2. The summed E-state index contributed by atoms with van der Waals surface area (Å²) >= 11 is 0. The third-order valence-electron chi connectivity index (χ3n) is 4.56. The molecule has 3 rings (SSSR count). The predicted octanol–water partition coefficient (Wildman–Crippen LogP) is 2.46. The summed E-state index contributed by atoms with van der Waals surface area (Å²) in [6.07, 6.45) is 4.11. The van der Waals surface area contributed by atoms with Crippen LogP contribution in [0.1, 0.15) is 35.7 Å². The number of hydrogen-bond donors (Lipinski definition) is 2. The monoisotopic (exact) mass is 365 g/mol. The highest BCUT2D eigenvalue weighted by Crippen LogP contribution is 2.11. The average Bonchev–Trinajstić information content (AvgIpc) is 3.24. The number of aliphatic imine (C=N–C) groups is 1. The Morgan fingerprint density at radius 3 is 2.56 bits per heavy atom. The molecule has 1 unspecified atom stereocenters. The highest BCUT2D eigenvalue weighted by molar-refractivity contribution is 5.80. The van der Waals surface area contributed by atoms with Crippen LogP contribution in [0, 0.1) is 6.92 Å². The standard InChI is InChI=1S/C20H27N7/c1-15(18-8-6-5-7-9-18)23-20(21-12-17-10-11-26(3)14-17)22-13-19-25-24-16(2)27(19)4/h5-11,14-15H,12-13H2,1-4H3,(H2,21,22,23). The molecule has 0 aliphatic carbocycles. The minimum absolute atomic E-state index is 0.134. The van der Waals surface area contributed by atoms with Crippen molar-refractivity contribution in [3.63, 3.8) is 0 Å². The molecular formula is C20H27N7. The first-order valence-corrected chi connectivity index (χ1v) is 9.08. The Hall–Kier alpha value is -3.09. The third-order valence-corrected chi connectivity index (χ3v) is 4.56. The van der Waals surface area contributed by atoms with Crippen molar-refractivity contribution in [2.24, 2.45) is 19.1 Å². The van der Waals surface area contributed by atoms with E-state index in [1.807, 2.05) is 54.5 Å². The molecule has 3 aromatic rings. The summed E-state index contributed by atoms with van der Waals surface area (Å²) in [5.41, 5.74) is 2.38. The third kappa shape index (κ3) is 4.97. The van der Waals surface area contributed by atoms with Crippen molar-refractivity contribution in [2.45, 2.75) is 33.0 Å². The fraction of sp³-hybridized carbons (Fsp3) is 0.350. The molecule has 0 aliphatic rings. The lowest BCUT2D eigenvalue weighted by Gasteiger charge is -2.18. The van der Waals surface area contributed by atoms with Gasteiger partial charge in [0.1, 0.15) is 5.82 Å². The topological polar surface area (TPSA) is 72.1 Å². The fourth-order valence-electron chi connectivity index (χ4n) is 2.78. The lowest BCUT2D eigenvalue weighted by atomic mass is 10.1. The van der Waals surface area contributed by atoms with Crippen LogP contribution in [0.25, 0.3) is 0 Å². The minimum Gasteiger partial charge on any atom is -0.357 e. The summed E-state index contributed by atoms with van der Waals surface area (Å²) in [4.78, 5) is 4.75. The van der Waals surface area contributed by atoms with E-state index in [9.17, 15) is 0 Å². The number of aryl methyl sites for hydroxylation is 2. The minimum atomic E-state index is 0.134. The van der Waals surface area contributed by atoms with Gasteiger partial charge in [0.15, 0.2) is 11.8 Å². The second-order valence-electron chi connectivity index (χ2n) is 6.70. The number of aromatic nitrogens is 4. The normalized spacial score (nSPS) is 12.8. The molecule has 0 saturated heterocycles. The SMILES string of the molecule is Cc1nnc(CNC(=NCc2ccn(C)c2)NC(C)c2ccccc2)n1C. The van der Waals surface area contributed by atoms with Gasteiger partial charge in [0, 0.05) is 26.5 Å². The van der Waals surface area contributed by atoms with Gasteiger partial charge < -0.3 is 19.8 Å². The van der Waals surface area contributed by atoms with Gasteiger partial charge in [-0.15, -0.1) is 10.2 Å². The van der Waals surface area contributed by atoms with Gasteiger partial charge in [-0.25, -0.2) is 4.99 Å². The summed E-state index contributed by atoms with van der Waals surface area (Å²) < 4.78 is 4.00. The second kappa shape index (κ2) is 8.53. The van der Waals surface area contributed by atoms with Crippen LogP contribution < -0.4 is 10.6 Å². The van der Waals surface area contributed by atoms with E-state index in [1.165, 1.54) is 11.1 Å². The van der Waals surface area contributed by atoms with E-state index < -0.39 is 0 Å². The maximum atomic E-state index is 4.75. The molecule has 0 saturated carbocycles. The zero-order chi connectivity index (χ0) is 19.2. The molecule has 0 aliphatic heterocycles. The summed E-state index contributed by atoms with van der Waals surface area (Å²) in [5, 5.41) is 15.2. The molecular weight excluding hydrogens is 338 g/mol. The number of rotatable bonds is 6. The van der Waals surface area contributed by atoms with E-state index in [-0.39, 0.29) is 6.04 Å². The molecule has 2 N–H and O–H groups in total. The van der Waals surface area contributed by atoms with E-state index in [0.717, 1.165) is 17.6 Å². The van der Waals surface area contributed by atoms with Crippen molar-refractivity contribution < 1.29 is 0 Å². The number of guanidine groups is 1. The van der Waals surface area contributed by atoms with Crippen LogP contribution in [0.2, 0.25) is 0 Å². The predicted molar refractivity (Wildman–Crippen MR) is 107 cm³/mol. The van der Waals surface area contributed by atoms with E-state index in [1.54, 1.807) is 0 Å². The van der Waals surface area contributed by atoms with Gasteiger partial charge in [0.05, 0.1) is 19.1 Å². The molecule has 2 heterocycles. The number of hydrogen-bond acceptors (Lipinski definition) is 3. The van der Waals surface area contributed by atoms with Gasteiger partial charge in [-0.3, -0.25) is 0 Å². The van der Waals surface area contributed by atoms with Gasteiger partial charge in [0.2, 0.25) is 0 Å². The average molecular weight is 365 g/mol. The van der Waals surface area contributed by atoms with Crippen molar-refractivity contribution in [3.8, 4) is 0 Å².